The molecule has 196 valence electrons. The fourth-order valence-electron chi connectivity index (χ4n) is 4.97. The monoisotopic (exact) mass is 574 g/mol. The normalized spacial score (nSPS) is 20.9. The summed E-state index contributed by atoms with van der Waals surface area (Å²) >= 11 is 24.0. The van der Waals surface area contributed by atoms with Gasteiger partial charge in [-0.05, 0) is 66.5 Å². The van der Waals surface area contributed by atoms with Crippen LogP contribution in [0.1, 0.15) is 40.0 Å². The minimum absolute atomic E-state index is 0.0245. The molecule has 0 saturated heterocycles. The third-order valence-electron chi connectivity index (χ3n) is 6.03. The molecule has 6 nitrogen and oxygen atoms in total. The Morgan fingerprint density at radius 2 is 1.39 bits per heavy atom. The number of hydrogen-bond donors (Lipinski definition) is 2. The van der Waals surface area contributed by atoms with Crippen LogP contribution in [-0.4, -0.2) is 37.6 Å². The fourth-order valence-corrected chi connectivity index (χ4v) is 5.90. The highest BCUT2D eigenvalue weighted by molar-refractivity contribution is 6.36. The molecule has 0 bridgehead atoms. The molecule has 1 fully saturated rings. The maximum atomic E-state index is 12.6. The third-order valence-corrected chi connectivity index (χ3v) is 7.09. The molecule has 10 heteroatoms. The first kappa shape index (κ1) is 28.7. The number of carbonyl (C=O) groups is 2. The molecular weight excluding hydrogens is 546 g/mol. The number of benzene rings is 2. The van der Waals surface area contributed by atoms with Crippen LogP contribution in [0.25, 0.3) is 0 Å². The number of hydrogen-bond acceptors (Lipinski definition) is 4. The molecule has 36 heavy (non-hydrogen) atoms. The second-order valence-electron chi connectivity index (χ2n) is 10.3. The molecule has 0 unspecified atom stereocenters. The van der Waals surface area contributed by atoms with Gasteiger partial charge in [-0.25, -0.2) is 0 Å². The molecule has 0 aromatic heterocycles. The van der Waals surface area contributed by atoms with Gasteiger partial charge in [0.15, 0.2) is 13.2 Å². The van der Waals surface area contributed by atoms with Crippen molar-refractivity contribution in [3.8, 4) is 11.5 Å². The quantitative estimate of drug-likeness (QED) is 0.354. The van der Waals surface area contributed by atoms with Gasteiger partial charge in [-0.1, -0.05) is 67.2 Å². The maximum Gasteiger partial charge on any atom is 0.258 e. The first-order valence-corrected chi connectivity index (χ1v) is 13.1. The lowest BCUT2D eigenvalue weighted by molar-refractivity contribution is -0.126. The van der Waals surface area contributed by atoms with Crippen molar-refractivity contribution in [2.75, 3.05) is 19.8 Å². The van der Waals surface area contributed by atoms with Gasteiger partial charge in [0.25, 0.3) is 11.8 Å². The van der Waals surface area contributed by atoms with Gasteiger partial charge in [-0.15, -0.1) is 0 Å². The second-order valence-corrected chi connectivity index (χ2v) is 12.0. The van der Waals surface area contributed by atoms with E-state index >= 15 is 0 Å². The van der Waals surface area contributed by atoms with Crippen LogP contribution < -0.4 is 20.1 Å². The number of nitrogens with one attached hydrogen (secondary N) is 2. The molecule has 2 amide bonds. The second kappa shape index (κ2) is 12.1. The van der Waals surface area contributed by atoms with E-state index in [1.54, 1.807) is 36.4 Å². The Bertz CT molecular complexity index is 1110. The molecule has 2 aromatic rings. The first-order chi connectivity index (χ1) is 16.8. The Labute approximate surface area is 231 Å². The van der Waals surface area contributed by atoms with Crippen molar-refractivity contribution in [1.29, 1.82) is 0 Å². The largest absolute Gasteiger partial charge is 0.482 e. The zero-order valence-electron chi connectivity index (χ0n) is 20.4. The molecule has 2 N–H and O–H groups in total. The van der Waals surface area contributed by atoms with E-state index in [1.807, 2.05) is 0 Å². The predicted molar refractivity (Wildman–Crippen MR) is 145 cm³/mol. The Morgan fingerprint density at radius 1 is 0.861 bits per heavy atom. The molecule has 0 heterocycles. The van der Waals surface area contributed by atoms with Gasteiger partial charge in [0.05, 0.1) is 10.0 Å². The van der Waals surface area contributed by atoms with E-state index in [1.165, 1.54) is 0 Å². The summed E-state index contributed by atoms with van der Waals surface area (Å²) in [5, 5.41) is 7.72. The molecule has 1 saturated carbocycles. The highest BCUT2D eigenvalue weighted by Crippen LogP contribution is 2.45. The van der Waals surface area contributed by atoms with Crippen LogP contribution in [0, 0.1) is 10.8 Å². The summed E-state index contributed by atoms with van der Waals surface area (Å²) in [4.78, 5) is 25.1. The topological polar surface area (TPSA) is 76.7 Å². The SMILES string of the molecule is CC1(C)C[C@H](NC(=O)COc2ccc(Cl)cc2Cl)C[C@](C)(CNC(=O)COc2ccc(Cl)cc2Cl)C1. The molecule has 1 aliphatic rings. The highest BCUT2D eigenvalue weighted by atomic mass is 35.5. The number of halogens is 4. The number of rotatable bonds is 9. The highest BCUT2D eigenvalue weighted by Gasteiger charge is 2.41. The van der Waals surface area contributed by atoms with E-state index in [0.717, 1.165) is 12.8 Å². The summed E-state index contributed by atoms with van der Waals surface area (Å²) in [6.45, 7) is 6.59. The molecule has 1 aliphatic carbocycles. The summed E-state index contributed by atoms with van der Waals surface area (Å²) in [7, 11) is 0. The molecular formula is C26H30Cl4N2O4. The first-order valence-electron chi connectivity index (χ1n) is 11.6. The third kappa shape index (κ3) is 8.62. The van der Waals surface area contributed by atoms with E-state index in [4.69, 9.17) is 55.9 Å². The lowest BCUT2D eigenvalue weighted by Gasteiger charge is -2.47. The average molecular weight is 576 g/mol. The van der Waals surface area contributed by atoms with E-state index in [0.29, 0.717) is 44.6 Å². The van der Waals surface area contributed by atoms with E-state index in [-0.39, 0.29) is 41.9 Å². The number of carbonyl (C=O) groups excluding carboxylic acids is 2. The standard InChI is InChI=1S/C26H30Cl4N2O4/c1-25(2)10-18(32-24(34)13-36-22-7-5-17(28)9-20(22)30)11-26(3,14-25)15-31-23(33)12-35-21-6-4-16(27)8-19(21)29/h4-9,18H,10-15H2,1-3H3,(H,31,33)(H,32,34)/t18-,26-/m0/s1. The van der Waals surface area contributed by atoms with Crippen molar-refractivity contribution in [2.45, 2.75) is 46.1 Å². The van der Waals surface area contributed by atoms with Gasteiger partial charge in [0.2, 0.25) is 0 Å². The zero-order chi connectivity index (χ0) is 26.5. The van der Waals surface area contributed by atoms with Crippen LogP contribution in [0.4, 0.5) is 0 Å². The predicted octanol–water partition coefficient (Wildman–Crippen LogP) is 6.58. The smallest absolute Gasteiger partial charge is 0.258 e. The Hall–Kier alpha value is -1.86. The summed E-state index contributed by atoms with van der Waals surface area (Å²) in [6.07, 6.45) is 2.43. The Kier molecular flexibility index (Phi) is 9.67. The van der Waals surface area contributed by atoms with E-state index in [2.05, 4.69) is 31.4 Å². The zero-order valence-corrected chi connectivity index (χ0v) is 23.5. The van der Waals surface area contributed by atoms with Gasteiger partial charge in [0.1, 0.15) is 11.5 Å². The average Bonchev–Trinajstić information content (AvgIpc) is 2.75. The molecule has 0 aliphatic heterocycles. The Balaban J connectivity index is 1.51. The fraction of sp³-hybridized carbons (Fsp3) is 0.462. The van der Waals surface area contributed by atoms with Crippen LogP contribution in [0.3, 0.4) is 0 Å². The van der Waals surface area contributed by atoms with E-state index in [9.17, 15) is 9.59 Å². The maximum absolute atomic E-state index is 12.6. The summed E-state index contributed by atoms with van der Waals surface area (Å²) in [5.41, 5.74) is -0.239. The molecule has 2 atom stereocenters. The van der Waals surface area contributed by atoms with Crippen LogP contribution in [0.15, 0.2) is 36.4 Å². The summed E-state index contributed by atoms with van der Waals surface area (Å²) in [6, 6.07) is 9.62. The van der Waals surface area contributed by atoms with Crippen LogP contribution >= 0.6 is 46.4 Å². The van der Waals surface area contributed by atoms with Gasteiger partial charge >= 0.3 is 0 Å². The number of ether oxygens (including phenoxy) is 2. The van der Waals surface area contributed by atoms with Gasteiger partial charge < -0.3 is 20.1 Å². The van der Waals surface area contributed by atoms with Crippen molar-refractivity contribution < 1.29 is 19.1 Å². The Morgan fingerprint density at radius 3 is 1.92 bits per heavy atom. The van der Waals surface area contributed by atoms with Crippen molar-refractivity contribution in [1.82, 2.24) is 10.6 Å². The summed E-state index contributed by atoms with van der Waals surface area (Å²) in [5.74, 6) is 0.309. The molecule has 2 aromatic carbocycles. The van der Waals surface area contributed by atoms with Crippen molar-refractivity contribution >= 4 is 58.2 Å². The minimum Gasteiger partial charge on any atom is -0.482 e. The van der Waals surface area contributed by atoms with Crippen molar-refractivity contribution in [3.05, 3.63) is 56.5 Å². The van der Waals surface area contributed by atoms with E-state index < -0.39 is 0 Å². The lowest BCUT2D eigenvalue weighted by atomic mass is 9.62. The van der Waals surface area contributed by atoms with Crippen molar-refractivity contribution in [3.63, 3.8) is 0 Å². The summed E-state index contributed by atoms with van der Waals surface area (Å²) < 4.78 is 11.1. The number of amides is 2. The van der Waals surface area contributed by atoms with Crippen molar-refractivity contribution in [2.24, 2.45) is 10.8 Å². The van der Waals surface area contributed by atoms with Gasteiger partial charge in [0, 0.05) is 22.6 Å². The van der Waals surface area contributed by atoms with Crippen LogP contribution in [-0.2, 0) is 9.59 Å². The van der Waals surface area contributed by atoms with Crippen LogP contribution in [0.2, 0.25) is 20.1 Å². The minimum atomic E-state index is -0.251. The molecule has 3 rings (SSSR count). The molecule has 0 spiro atoms. The van der Waals surface area contributed by atoms with Gasteiger partial charge in [-0.3, -0.25) is 9.59 Å². The lowest BCUT2D eigenvalue weighted by Crippen LogP contribution is -2.51. The van der Waals surface area contributed by atoms with Crippen LogP contribution in [0.5, 0.6) is 11.5 Å². The molecule has 0 radical (unpaired) electrons. The van der Waals surface area contributed by atoms with Gasteiger partial charge in [-0.2, -0.15) is 0 Å².